The number of aromatic carboxylic acids is 1. The number of aliphatic hydroxyl groups is 2. The molecule has 1 heterocycles. The molecule has 88 valence electrons. The Morgan fingerprint density at radius 1 is 1.56 bits per heavy atom. The molecule has 0 saturated heterocycles. The van der Waals surface area contributed by atoms with E-state index in [1.165, 1.54) is 0 Å². The number of carboxylic acid groups (broad SMARTS) is 1. The minimum absolute atomic E-state index is 0.00955. The van der Waals surface area contributed by atoms with E-state index < -0.39 is 23.9 Å². The van der Waals surface area contributed by atoms with Gasteiger partial charge in [-0.3, -0.25) is 0 Å². The van der Waals surface area contributed by atoms with Crippen molar-refractivity contribution >= 4 is 24.4 Å². The molecule has 0 bridgehead atoms. The van der Waals surface area contributed by atoms with Gasteiger partial charge in [-0.1, -0.05) is 0 Å². The summed E-state index contributed by atoms with van der Waals surface area (Å²) in [6, 6.07) is 0. The van der Waals surface area contributed by atoms with Crippen molar-refractivity contribution in [1.82, 2.24) is 9.97 Å². The van der Waals surface area contributed by atoms with Crippen LogP contribution in [0.3, 0.4) is 0 Å². The van der Waals surface area contributed by atoms with Crippen LogP contribution in [-0.2, 0) is 0 Å². The van der Waals surface area contributed by atoms with Crippen LogP contribution in [0, 0.1) is 0 Å². The molecule has 5 N–H and O–H groups in total. The molecule has 0 radical (unpaired) electrons. The van der Waals surface area contributed by atoms with E-state index in [-0.39, 0.29) is 17.3 Å². The van der Waals surface area contributed by atoms with Gasteiger partial charge < -0.3 is 21.1 Å². The van der Waals surface area contributed by atoms with Gasteiger partial charge in [0.2, 0.25) is 0 Å². The summed E-state index contributed by atoms with van der Waals surface area (Å²) in [5, 5.41) is 27.6. The van der Waals surface area contributed by atoms with Gasteiger partial charge in [-0.2, -0.15) is 12.6 Å². The zero-order chi connectivity index (χ0) is 12.3. The molecule has 7 nitrogen and oxygen atoms in total. The number of carboxylic acids is 1. The van der Waals surface area contributed by atoms with Crippen LogP contribution in [0.1, 0.15) is 22.3 Å². The molecule has 0 saturated carbocycles. The van der Waals surface area contributed by atoms with E-state index >= 15 is 0 Å². The van der Waals surface area contributed by atoms with Crippen LogP contribution in [-0.4, -0.2) is 43.1 Å². The Morgan fingerprint density at radius 3 is 2.69 bits per heavy atom. The third-order valence-electron chi connectivity index (χ3n) is 1.88. The van der Waals surface area contributed by atoms with E-state index in [2.05, 4.69) is 22.6 Å². The quantitative estimate of drug-likeness (QED) is 0.434. The summed E-state index contributed by atoms with van der Waals surface area (Å²) in [5.41, 5.74) is 4.77. The van der Waals surface area contributed by atoms with E-state index in [4.69, 9.17) is 10.8 Å². The molecule has 0 amide bonds. The lowest BCUT2D eigenvalue weighted by atomic mass is 10.1. The highest BCUT2D eigenvalue weighted by atomic mass is 32.1. The number of nitrogens with zero attached hydrogens (tertiary/aromatic N) is 2. The Labute approximate surface area is 96.4 Å². The zero-order valence-electron chi connectivity index (χ0n) is 8.11. The summed E-state index contributed by atoms with van der Waals surface area (Å²) in [6.07, 6.45) is -1.38. The molecule has 0 spiro atoms. The average Bonchev–Trinajstić information content (AvgIpc) is 2.27. The van der Waals surface area contributed by atoms with Gasteiger partial charge >= 0.3 is 5.97 Å². The van der Waals surface area contributed by atoms with E-state index in [0.717, 1.165) is 6.20 Å². The number of hydrogen-bond acceptors (Lipinski definition) is 7. The van der Waals surface area contributed by atoms with Crippen molar-refractivity contribution in [2.75, 3.05) is 11.5 Å². The Kier molecular flexibility index (Phi) is 4.05. The SMILES string of the molecule is Nc1ncc(C(O)C(O)CS)nc1C(=O)O. The summed E-state index contributed by atoms with van der Waals surface area (Å²) in [6.45, 7) is 0. The predicted octanol–water partition coefficient (Wildman–Crippen LogP) is -0.919. The Hall–Kier alpha value is -1.38. The molecule has 8 heteroatoms. The van der Waals surface area contributed by atoms with Gasteiger partial charge in [0.05, 0.1) is 18.0 Å². The zero-order valence-corrected chi connectivity index (χ0v) is 9.00. The minimum Gasteiger partial charge on any atom is -0.476 e. The van der Waals surface area contributed by atoms with Gasteiger partial charge in [0, 0.05) is 5.75 Å². The Balaban J connectivity index is 3.07. The van der Waals surface area contributed by atoms with Gasteiger partial charge in [0.1, 0.15) is 6.10 Å². The number of thiol groups is 1. The van der Waals surface area contributed by atoms with Crippen LogP contribution in [0.15, 0.2) is 6.20 Å². The second-order valence-electron chi connectivity index (χ2n) is 3.03. The standard InChI is InChI=1S/C8H11N3O4S/c9-7-5(8(14)15)11-3(1-10-7)6(13)4(12)2-16/h1,4,6,12-13,16H,2H2,(H2,9,10)(H,14,15). The fourth-order valence-electron chi connectivity index (χ4n) is 1.01. The summed E-state index contributed by atoms with van der Waals surface area (Å²) < 4.78 is 0. The van der Waals surface area contributed by atoms with Crippen LogP contribution >= 0.6 is 12.6 Å². The molecule has 16 heavy (non-hydrogen) atoms. The van der Waals surface area contributed by atoms with Crippen molar-refractivity contribution in [3.05, 3.63) is 17.6 Å². The fraction of sp³-hybridized carbons (Fsp3) is 0.375. The lowest BCUT2D eigenvalue weighted by molar-refractivity contribution is 0.0305. The number of anilines is 1. The molecule has 0 aliphatic carbocycles. The molecule has 2 unspecified atom stereocenters. The minimum atomic E-state index is -1.35. The van der Waals surface area contributed by atoms with Crippen molar-refractivity contribution in [3.63, 3.8) is 0 Å². The second-order valence-corrected chi connectivity index (χ2v) is 3.39. The van der Waals surface area contributed by atoms with Gasteiger partial charge in [-0.15, -0.1) is 0 Å². The first kappa shape index (κ1) is 12.7. The summed E-state index contributed by atoms with van der Waals surface area (Å²) in [5.74, 6) is -1.58. The first-order valence-electron chi connectivity index (χ1n) is 4.30. The Bertz CT molecular complexity index is 401. The van der Waals surface area contributed by atoms with Crippen LogP contribution in [0.5, 0.6) is 0 Å². The highest BCUT2D eigenvalue weighted by molar-refractivity contribution is 7.80. The molecule has 1 aromatic heterocycles. The van der Waals surface area contributed by atoms with Crippen molar-refractivity contribution < 1.29 is 20.1 Å². The summed E-state index contributed by atoms with van der Waals surface area (Å²) in [4.78, 5) is 17.9. The van der Waals surface area contributed by atoms with Crippen molar-refractivity contribution in [2.24, 2.45) is 0 Å². The molecule has 0 fully saturated rings. The van der Waals surface area contributed by atoms with Crippen LogP contribution in [0.4, 0.5) is 5.82 Å². The smallest absolute Gasteiger partial charge is 0.358 e. The number of carbonyl (C=O) groups is 1. The number of hydrogen-bond donors (Lipinski definition) is 5. The van der Waals surface area contributed by atoms with Crippen molar-refractivity contribution in [2.45, 2.75) is 12.2 Å². The highest BCUT2D eigenvalue weighted by Gasteiger charge is 2.21. The fourth-order valence-corrected chi connectivity index (χ4v) is 1.21. The number of aromatic nitrogens is 2. The lowest BCUT2D eigenvalue weighted by Crippen LogP contribution is -2.22. The third kappa shape index (κ3) is 2.60. The number of aliphatic hydroxyl groups excluding tert-OH is 2. The number of nitrogens with two attached hydrogens (primary N) is 1. The molecule has 1 rings (SSSR count). The van der Waals surface area contributed by atoms with Gasteiger partial charge in [-0.25, -0.2) is 14.8 Å². The van der Waals surface area contributed by atoms with Gasteiger partial charge in [0.15, 0.2) is 11.5 Å². The molecule has 2 atom stereocenters. The van der Waals surface area contributed by atoms with Crippen LogP contribution in [0.2, 0.25) is 0 Å². The third-order valence-corrected chi connectivity index (χ3v) is 2.25. The van der Waals surface area contributed by atoms with E-state index in [0.29, 0.717) is 0 Å². The monoisotopic (exact) mass is 245 g/mol. The predicted molar refractivity (Wildman–Crippen MR) is 58.2 cm³/mol. The molecule has 1 aromatic rings. The lowest BCUT2D eigenvalue weighted by Gasteiger charge is -2.15. The topological polar surface area (TPSA) is 130 Å². The summed E-state index contributed by atoms with van der Waals surface area (Å²) >= 11 is 3.79. The summed E-state index contributed by atoms with van der Waals surface area (Å²) in [7, 11) is 0. The van der Waals surface area contributed by atoms with Crippen molar-refractivity contribution in [3.8, 4) is 0 Å². The highest BCUT2D eigenvalue weighted by Crippen LogP contribution is 2.17. The number of rotatable bonds is 4. The first-order chi connectivity index (χ1) is 7.47. The second kappa shape index (κ2) is 5.10. The van der Waals surface area contributed by atoms with Crippen LogP contribution < -0.4 is 5.73 Å². The largest absolute Gasteiger partial charge is 0.476 e. The molecular formula is C8H11N3O4S. The average molecular weight is 245 g/mol. The molecule has 0 aliphatic rings. The molecular weight excluding hydrogens is 234 g/mol. The van der Waals surface area contributed by atoms with Gasteiger partial charge in [-0.05, 0) is 0 Å². The van der Waals surface area contributed by atoms with E-state index in [1.54, 1.807) is 0 Å². The number of nitrogen functional groups attached to an aromatic ring is 1. The maximum absolute atomic E-state index is 10.7. The van der Waals surface area contributed by atoms with E-state index in [1.807, 2.05) is 0 Å². The van der Waals surface area contributed by atoms with Crippen molar-refractivity contribution in [1.29, 1.82) is 0 Å². The normalized spacial score (nSPS) is 14.4. The first-order valence-corrected chi connectivity index (χ1v) is 4.93. The molecule has 0 aliphatic heterocycles. The molecule has 0 aromatic carbocycles. The van der Waals surface area contributed by atoms with Crippen LogP contribution in [0.25, 0.3) is 0 Å². The maximum Gasteiger partial charge on any atom is 0.358 e. The Morgan fingerprint density at radius 2 is 2.19 bits per heavy atom. The van der Waals surface area contributed by atoms with Gasteiger partial charge in [0.25, 0.3) is 0 Å². The maximum atomic E-state index is 10.7. The van der Waals surface area contributed by atoms with E-state index in [9.17, 15) is 15.0 Å².